The number of halogens is 1. The summed E-state index contributed by atoms with van der Waals surface area (Å²) >= 11 is 7.91. The lowest BCUT2D eigenvalue weighted by molar-refractivity contribution is -0.121. The monoisotopic (exact) mass is 363 g/mol. The van der Waals surface area contributed by atoms with Gasteiger partial charge in [-0.25, -0.2) is 0 Å². The molecular weight excluding hydrogens is 342 g/mol. The van der Waals surface area contributed by atoms with Crippen LogP contribution in [0.5, 0.6) is 0 Å². The zero-order valence-electron chi connectivity index (χ0n) is 13.7. The van der Waals surface area contributed by atoms with Crippen molar-refractivity contribution in [2.24, 2.45) is 0 Å². The van der Waals surface area contributed by atoms with Crippen LogP contribution < -0.4 is 5.32 Å². The number of anilines is 1. The quantitative estimate of drug-likeness (QED) is 0.882. The average molecular weight is 364 g/mol. The van der Waals surface area contributed by atoms with Crippen molar-refractivity contribution >= 4 is 34.5 Å². The molecule has 1 aliphatic rings. The van der Waals surface area contributed by atoms with Crippen LogP contribution >= 0.6 is 22.9 Å². The molecule has 0 aliphatic carbocycles. The molecule has 1 saturated heterocycles. The van der Waals surface area contributed by atoms with E-state index >= 15 is 0 Å². The number of hydrogen-bond donors (Lipinski definition) is 1. The zero-order chi connectivity index (χ0) is 16.9. The van der Waals surface area contributed by atoms with Crippen molar-refractivity contribution < 1.29 is 4.79 Å². The van der Waals surface area contributed by atoms with Gasteiger partial charge < -0.3 is 5.32 Å². The molecule has 1 amide bonds. The Balaban J connectivity index is 1.50. The fourth-order valence-electron chi connectivity index (χ4n) is 2.90. The summed E-state index contributed by atoms with van der Waals surface area (Å²) < 4.78 is 0. The molecule has 2 aromatic rings. The number of nitrogens with one attached hydrogen (secondary N) is 1. The van der Waals surface area contributed by atoms with E-state index in [1.54, 1.807) is 17.4 Å². The molecule has 2 heterocycles. The number of hydrogen-bond acceptors (Lipinski definition) is 4. The fraction of sp³-hybridized carbons (Fsp3) is 0.389. The first-order chi connectivity index (χ1) is 11.6. The van der Waals surface area contributed by atoms with Crippen molar-refractivity contribution in [3.05, 3.63) is 51.7 Å². The van der Waals surface area contributed by atoms with Crippen LogP contribution in [0.1, 0.15) is 11.8 Å². The zero-order valence-corrected chi connectivity index (χ0v) is 15.3. The second kappa shape index (κ2) is 8.12. The van der Waals surface area contributed by atoms with Gasteiger partial charge in [-0.15, -0.1) is 11.3 Å². The number of carbonyl (C=O) groups is 1. The molecule has 1 aliphatic heterocycles. The molecule has 24 heavy (non-hydrogen) atoms. The van der Waals surface area contributed by atoms with Crippen LogP contribution in [0, 0.1) is 0 Å². The third-order valence-electron chi connectivity index (χ3n) is 4.43. The molecule has 0 bridgehead atoms. The standard InChI is InChI=1S/C18H22ClN3OS/c1-14(18(23)20-17-7-3-2-6-16(17)19)22-10-8-21(9-11-22)13-15-5-4-12-24-15/h2-7,12,14H,8-11,13H2,1H3,(H,20,23)/t14-/m1/s1. The molecule has 4 nitrogen and oxygen atoms in total. The molecule has 128 valence electrons. The van der Waals surface area contributed by atoms with E-state index in [9.17, 15) is 4.79 Å². The van der Waals surface area contributed by atoms with E-state index < -0.39 is 0 Å². The van der Waals surface area contributed by atoms with Crippen LogP contribution in [0.15, 0.2) is 41.8 Å². The largest absolute Gasteiger partial charge is 0.323 e. The predicted molar refractivity (Wildman–Crippen MR) is 101 cm³/mol. The second-order valence-electron chi connectivity index (χ2n) is 6.04. The summed E-state index contributed by atoms with van der Waals surface area (Å²) in [4.78, 5) is 18.6. The van der Waals surface area contributed by atoms with Crippen molar-refractivity contribution in [3.63, 3.8) is 0 Å². The Morgan fingerprint density at radius 1 is 1.21 bits per heavy atom. The first-order valence-electron chi connectivity index (χ1n) is 8.17. The van der Waals surface area contributed by atoms with E-state index in [0.29, 0.717) is 10.7 Å². The van der Waals surface area contributed by atoms with Gasteiger partial charge in [0.25, 0.3) is 0 Å². The number of carbonyl (C=O) groups excluding carboxylic acids is 1. The Morgan fingerprint density at radius 3 is 2.62 bits per heavy atom. The molecule has 0 spiro atoms. The minimum absolute atomic E-state index is 0.00481. The number of amides is 1. The Labute approximate surface area is 152 Å². The SMILES string of the molecule is C[C@H](C(=O)Nc1ccccc1Cl)N1CCN(Cc2cccs2)CC1. The lowest BCUT2D eigenvalue weighted by Crippen LogP contribution is -2.52. The normalized spacial score (nSPS) is 17.6. The summed E-state index contributed by atoms with van der Waals surface area (Å²) in [5, 5.41) is 5.62. The van der Waals surface area contributed by atoms with E-state index in [1.807, 2.05) is 25.1 Å². The lowest BCUT2D eigenvalue weighted by Gasteiger charge is -2.37. The number of thiophene rings is 1. The Hall–Kier alpha value is -1.40. The van der Waals surface area contributed by atoms with Gasteiger partial charge in [-0.2, -0.15) is 0 Å². The predicted octanol–water partition coefficient (Wildman–Crippen LogP) is 3.55. The molecule has 0 saturated carbocycles. The second-order valence-corrected chi connectivity index (χ2v) is 7.48. The molecule has 1 aromatic heterocycles. The molecule has 3 rings (SSSR count). The van der Waals surface area contributed by atoms with Gasteiger partial charge in [0.2, 0.25) is 5.91 Å². The first-order valence-corrected chi connectivity index (χ1v) is 9.43. The van der Waals surface area contributed by atoms with Gasteiger partial charge in [-0.1, -0.05) is 29.8 Å². The Bertz CT molecular complexity index is 669. The lowest BCUT2D eigenvalue weighted by atomic mass is 10.2. The van der Waals surface area contributed by atoms with E-state index in [2.05, 4.69) is 32.6 Å². The van der Waals surface area contributed by atoms with Gasteiger partial charge in [0.15, 0.2) is 0 Å². The van der Waals surface area contributed by atoms with Crippen molar-refractivity contribution in [2.45, 2.75) is 19.5 Å². The number of benzene rings is 1. The van der Waals surface area contributed by atoms with Gasteiger partial charge in [0.05, 0.1) is 16.8 Å². The number of rotatable bonds is 5. The average Bonchev–Trinajstić information content (AvgIpc) is 3.10. The molecule has 1 atom stereocenters. The van der Waals surface area contributed by atoms with Crippen molar-refractivity contribution in [1.82, 2.24) is 9.80 Å². The maximum absolute atomic E-state index is 12.5. The highest BCUT2D eigenvalue weighted by Gasteiger charge is 2.26. The van der Waals surface area contributed by atoms with Crippen LogP contribution in [-0.4, -0.2) is 47.9 Å². The van der Waals surface area contributed by atoms with Crippen molar-refractivity contribution in [1.29, 1.82) is 0 Å². The highest BCUT2D eigenvalue weighted by Crippen LogP contribution is 2.21. The minimum Gasteiger partial charge on any atom is -0.323 e. The third-order valence-corrected chi connectivity index (χ3v) is 5.62. The van der Waals surface area contributed by atoms with Crippen LogP contribution in [0.3, 0.4) is 0 Å². The Morgan fingerprint density at radius 2 is 1.96 bits per heavy atom. The van der Waals surface area contributed by atoms with Gasteiger partial charge in [0.1, 0.15) is 0 Å². The molecule has 1 N–H and O–H groups in total. The molecule has 6 heteroatoms. The van der Waals surface area contributed by atoms with Gasteiger partial charge >= 0.3 is 0 Å². The molecule has 0 radical (unpaired) electrons. The molecule has 0 unspecified atom stereocenters. The summed E-state index contributed by atoms with van der Waals surface area (Å²) in [6.45, 7) is 6.75. The Kier molecular flexibility index (Phi) is 5.89. The minimum atomic E-state index is -0.162. The van der Waals surface area contributed by atoms with Gasteiger partial charge in [-0.3, -0.25) is 14.6 Å². The molecule has 1 fully saturated rings. The number of para-hydroxylation sites is 1. The number of piperazine rings is 1. The summed E-state index contributed by atoms with van der Waals surface area (Å²) in [5.74, 6) is -0.00481. The topological polar surface area (TPSA) is 35.6 Å². The summed E-state index contributed by atoms with van der Waals surface area (Å²) in [5.41, 5.74) is 0.673. The first kappa shape index (κ1) is 17.4. The molecular formula is C18H22ClN3OS. The van der Waals surface area contributed by atoms with E-state index in [1.165, 1.54) is 4.88 Å². The number of nitrogens with zero attached hydrogens (tertiary/aromatic N) is 2. The van der Waals surface area contributed by atoms with E-state index in [-0.39, 0.29) is 11.9 Å². The van der Waals surface area contributed by atoms with Crippen LogP contribution in [0.25, 0.3) is 0 Å². The van der Waals surface area contributed by atoms with Crippen LogP contribution in [0.4, 0.5) is 5.69 Å². The van der Waals surface area contributed by atoms with Crippen molar-refractivity contribution in [3.8, 4) is 0 Å². The van der Waals surface area contributed by atoms with Gasteiger partial charge in [-0.05, 0) is 30.5 Å². The maximum atomic E-state index is 12.5. The summed E-state index contributed by atoms with van der Waals surface area (Å²) in [6.07, 6.45) is 0. The van der Waals surface area contributed by atoms with Crippen LogP contribution in [0.2, 0.25) is 5.02 Å². The maximum Gasteiger partial charge on any atom is 0.241 e. The van der Waals surface area contributed by atoms with E-state index in [4.69, 9.17) is 11.6 Å². The fourth-order valence-corrected chi connectivity index (χ4v) is 3.83. The molecule has 1 aromatic carbocycles. The summed E-state index contributed by atoms with van der Waals surface area (Å²) in [7, 11) is 0. The van der Waals surface area contributed by atoms with Crippen LogP contribution in [-0.2, 0) is 11.3 Å². The smallest absolute Gasteiger partial charge is 0.241 e. The summed E-state index contributed by atoms with van der Waals surface area (Å²) in [6, 6.07) is 11.4. The highest BCUT2D eigenvalue weighted by atomic mass is 35.5. The van der Waals surface area contributed by atoms with Crippen molar-refractivity contribution in [2.75, 3.05) is 31.5 Å². The third kappa shape index (κ3) is 4.36. The van der Waals surface area contributed by atoms with Gasteiger partial charge in [0, 0.05) is 37.6 Å². The van der Waals surface area contributed by atoms with E-state index in [0.717, 1.165) is 32.7 Å². The highest BCUT2D eigenvalue weighted by molar-refractivity contribution is 7.09.